The first-order valence-electron chi connectivity index (χ1n) is 3.33. The van der Waals surface area contributed by atoms with E-state index < -0.39 is 0 Å². The first-order chi connectivity index (χ1) is 6.31. The summed E-state index contributed by atoms with van der Waals surface area (Å²) in [6, 6.07) is 0. The average Bonchev–Trinajstić information content (AvgIpc) is 2.13. The molecule has 0 aromatic rings. The SMILES string of the molecule is C#CC#CC#CB(I)C#CC#CC. The molecular weight excluding hydrogens is 270 g/mol. The van der Waals surface area contributed by atoms with Crippen LogP contribution in [0.1, 0.15) is 6.92 Å². The second-order valence-electron chi connectivity index (χ2n) is 1.67. The van der Waals surface area contributed by atoms with Crippen LogP contribution in [-0.4, -0.2) is 4.57 Å². The lowest BCUT2D eigenvalue weighted by atomic mass is 9.81. The first kappa shape index (κ1) is 11.6. The fraction of sp³-hybridized carbons (Fsp3) is 0.0909. The van der Waals surface area contributed by atoms with Gasteiger partial charge in [0.1, 0.15) is 0 Å². The van der Waals surface area contributed by atoms with Crippen molar-refractivity contribution in [2.75, 3.05) is 0 Å². The molecule has 0 fully saturated rings. The van der Waals surface area contributed by atoms with Gasteiger partial charge >= 0.3 is 4.57 Å². The molecule has 0 bridgehead atoms. The van der Waals surface area contributed by atoms with Crippen molar-refractivity contribution in [1.29, 1.82) is 0 Å². The molecule has 0 radical (unpaired) electrons. The summed E-state index contributed by atoms with van der Waals surface area (Å²) in [4.78, 5) is 0. The maximum Gasteiger partial charge on any atom is 0.384 e. The smallest absolute Gasteiger partial charge is 0.112 e. The summed E-state index contributed by atoms with van der Waals surface area (Å²) in [7, 11) is 0. The monoisotopic (exact) mass is 274 g/mol. The van der Waals surface area contributed by atoms with Gasteiger partial charge in [-0.3, -0.25) is 0 Å². The van der Waals surface area contributed by atoms with Gasteiger partial charge in [0, 0.05) is 0 Å². The van der Waals surface area contributed by atoms with E-state index in [1.807, 2.05) is 0 Å². The van der Waals surface area contributed by atoms with Gasteiger partial charge in [0.25, 0.3) is 0 Å². The van der Waals surface area contributed by atoms with Crippen LogP contribution >= 0.6 is 22.4 Å². The summed E-state index contributed by atoms with van der Waals surface area (Å²) < 4.78 is -0.0504. The molecule has 0 aliphatic heterocycles. The quantitative estimate of drug-likeness (QED) is 0.353. The summed E-state index contributed by atoms with van der Waals surface area (Å²) in [6.45, 7) is 1.74. The van der Waals surface area contributed by atoms with Gasteiger partial charge < -0.3 is 0 Å². The van der Waals surface area contributed by atoms with E-state index in [0.29, 0.717) is 0 Å². The third-order valence-corrected chi connectivity index (χ3v) is 1.41. The van der Waals surface area contributed by atoms with E-state index in [0.717, 1.165) is 0 Å². The zero-order chi connectivity index (χ0) is 9.94. The lowest BCUT2D eigenvalue weighted by molar-refractivity contribution is 1.92. The molecule has 0 saturated heterocycles. The second-order valence-corrected chi connectivity index (χ2v) is 2.92. The molecule has 0 nitrogen and oxygen atoms in total. The van der Waals surface area contributed by atoms with Crippen LogP contribution in [0.2, 0.25) is 0 Å². The standard InChI is InChI=1S/C11H4BI/c1-3-5-7-9-11-12(13)10-8-6-4-2/h1H,2H3. The van der Waals surface area contributed by atoms with E-state index in [1.165, 1.54) is 0 Å². The number of terminal acetylenes is 1. The van der Waals surface area contributed by atoms with Crippen LogP contribution in [0.15, 0.2) is 0 Å². The van der Waals surface area contributed by atoms with E-state index in [4.69, 9.17) is 6.42 Å². The Balaban J connectivity index is 4.22. The van der Waals surface area contributed by atoms with Crippen molar-refractivity contribution in [3.8, 4) is 59.5 Å². The van der Waals surface area contributed by atoms with Gasteiger partial charge in [-0.05, 0) is 42.4 Å². The summed E-state index contributed by atoms with van der Waals surface area (Å²) in [5, 5.41) is 0. The average molecular weight is 274 g/mol. The van der Waals surface area contributed by atoms with Crippen LogP contribution in [0.25, 0.3) is 0 Å². The maximum atomic E-state index is 4.90. The lowest BCUT2D eigenvalue weighted by Crippen LogP contribution is -1.93. The van der Waals surface area contributed by atoms with Gasteiger partial charge in [-0.25, -0.2) is 0 Å². The zero-order valence-corrected chi connectivity index (χ0v) is 9.19. The molecule has 0 unspecified atom stereocenters. The molecule has 0 aromatic carbocycles. The summed E-state index contributed by atoms with van der Waals surface area (Å²) in [5.41, 5.74) is 0. The first-order valence-corrected chi connectivity index (χ1v) is 4.58. The van der Waals surface area contributed by atoms with E-state index >= 15 is 0 Å². The van der Waals surface area contributed by atoms with Crippen molar-refractivity contribution in [3.05, 3.63) is 0 Å². The molecule has 0 heterocycles. The number of hydrogen-bond donors (Lipinski definition) is 0. The van der Waals surface area contributed by atoms with Crippen LogP contribution in [0.3, 0.4) is 0 Å². The molecule has 58 valence electrons. The molecule has 0 aliphatic carbocycles. The van der Waals surface area contributed by atoms with E-state index in [2.05, 4.69) is 75.5 Å². The summed E-state index contributed by atoms with van der Waals surface area (Å²) >= 11 is 2.10. The third-order valence-electron chi connectivity index (χ3n) is 0.782. The molecule has 0 atom stereocenters. The van der Waals surface area contributed by atoms with Crippen LogP contribution in [0.4, 0.5) is 0 Å². The van der Waals surface area contributed by atoms with Crippen LogP contribution in [0, 0.1) is 59.5 Å². The van der Waals surface area contributed by atoms with Crippen LogP contribution in [-0.2, 0) is 0 Å². The van der Waals surface area contributed by atoms with Gasteiger partial charge in [-0.2, -0.15) is 0 Å². The van der Waals surface area contributed by atoms with E-state index in [1.54, 1.807) is 6.92 Å². The third kappa shape index (κ3) is 8.50. The predicted octanol–water partition coefficient (Wildman–Crippen LogP) is 1.16. The summed E-state index contributed by atoms with van der Waals surface area (Å²) in [6.07, 6.45) is 4.90. The normalized spacial score (nSPS) is 4.69. The van der Waals surface area contributed by atoms with E-state index in [-0.39, 0.29) is 4.57 Å². The van der Waals surface area contributed by atoms with Gasteiger partial charge in [0.05, 0.1) is 0 Å². The van der Waals surface area contributed by atoms with Crippen molar-refractivity contribution < 1.29 is 0 Å². The Bertz CT molecular complexity index is 438. The molecular formula is C11H4BI. The van der Waals surface area contributed by atoms with Crippen molar-refractivity contribution in [2.24, 2.45) is 0 Å². The molecule has 0 aliphatic rings. The number of rotatable bonds is 0. The molecule has 0 amide bonds. The molecule has 2 heteroatoms. The Kier molecular flexibility index (Phi) is 7.75. The fourth-order valence-corrected chi connectivity index (χ4v) is 0.676. The van der Waals surface area contributed by atoms with Crippen molar-refractivity contribution in [1.82, 2.24) is 0 Å². The molecule has 0 N–H and O–H groups in total. The minimum absolute atomic E-state index is 0.0504. The summed E-state index contributed by atoms with van der Waals surface area (Å²) in [5.74, 6) is 23.3. The minimum atomic E-state index is -0.0504. The van der Waals surface area contributed by atoms with Crippen molar-refractivity contribution in [2.45, 2.75) is 6.92 Å². The van der Waals surface area contributed by atoms with Crippen LogP contribution in [0.5, 0.6) is 0 Å². The number of hydrogen-bond acceptors (Lipinski definition) is 0. The minimum Gasteiger partial charge on any atom is -0.112 e. The highest BCUT2D eigenvalue weighted by molar-refractivity contribution is 14.1. The Labute approximate surface area is 93.2 Å². The second kappa shape index (κ2) is 8.69. The predicted molar refractivity (Wildman–Crippen MR) is 65.4 cm³/mol. The molecule has 0 spiro atoms. The molecule has 13 heavy (non-hydrogen) atoms. The Morgan fingerprint density at radius 2 is 1.62 bits per heavy atom. The molecule has 0 aromatic heterocycles. The highest BCUT2D eigenvalue weighted by Crippen LogP contribution is 1.88. The lowest BCUT2D eigenvalue weighted by Gasteiger charge is -1.75. The van der Waals surface area contributed by atoms with Crippen molar-refractivity contribution in [3.63, 3.8) is 0 Å². The van der Waals surface area contributed by atoms with Gasteiger partial charge in [-0.15, -0.1) is 40.4 Å². The van der Waals surface area contributed by atoms with E-state index in [9.17, 15) is 0 Å². The van der Waals surface area contributed by atoms with Gasteiger partial charge in [-0.1, -0.05) is 5.92 Å². The fourth-order valence-electron chi connectivity index (χ4n) is 0.365. The van der Waals surface area contributed by atoms with Crippen LogP contribution < -0.4 is 0 Å². The zero-order valence-electron chi connectivity index (χ0n) is 7.03. The van der Waals surface area contributed by atoms with Gasteiger partial charge in [0.2, 0.25) is 0 Å². The highest BCUT2D eigenvalue weighted by atomic mass is 127. The Hall–Kier alpha value is -1.41. The Morgan fingerprint density at radius 1 is 1.00 bits per heavy atom. The molecule has 0 rings (SSSR count). The highest BCUT2D eigenvalue weighted by Gasteiger charge is 1.96. The van der Waals surface area contributed by atoms with Gasteiger partial charge in [0.15, 0.2) is 0 Å². The van der Waals surface area contributed by atoms with Crippen molar-refractivity contribution >= 4 is 26.9 Å². The largest absolute Gasteiger partial charge is 0.384 e. The number of halogens is 1. The molecule has 0 saturated carbocycles. The maximum absolute atomic E-state index is 4.90. The topological polar surface area (TPSA) is 0 Å². The Morgan fingerprint density at radius 3 is 2.15 bits per heavy atom.